The Hall–Kier alpha value is -2.46. The molecule has 150 valence electrons. The highest BCUT2D eigenvalue weighted by atomic mass is 35.5. The smallest absolute Gasteiger partial charge is 0.282 e. The quantitative estimate of drug-likeness (QED) is 0.474. The van der Waals surface area contributed by atoms with Crippen LogP contribution >= 0.6 is 23.2 Å². The highest BCUT2D eigenvalue weighted by Gasteiger charge is 2.32. The van der Waals surface area contributed by atoms with Crippen LogP contribution in [0.4, 0.5) is 5.69 Å². The first kappa shape index (κ1) is 19.8. The molecular formula is C18H14Cl2N4O4S. The summed E-state index contributed by atoms with van der Waals surface area (Å²) in [6, 6.07) is 10.6. The summed E-state index contributed by atoms with van der Waals surface area (Å²) in [7, 11) is -3.96. The number of nitrogens with zero attached hydrogens (tertiary/aromatic N) is 3. The molecule has 0 bridgehead atoms. The van der Waals surface area contributed by atoms with E-state index < -0.39 is 20.6 Å². The molecule has 1 aromatic heterocycles. The Morgan fingerprint density at radius 1 is 1.17 bits per heavy atom. The van der Waals surface area contributed by atoms with Gasteiger partial charge in [0.1, 0.15) is 5.02 Å². The second kappa shape index (κ2) is 7.42. The molecular weight excluding hydrogens is 439 g/mol. The van der Waals surface area contributed by atoms with Gasteiger partial charge in [-0.05, 0) is 24.3 Å². The molecule has 0 fully saturated rings. The van der Waals surface area contributed by atoms with E-state index in [1.54, 1.807) is 18.2 Å². The van der Waals surface area contributed by atoms with Gasteiger partial charge in [0.05, 0.1) is 15.5 Å². The number of H-pyrrole nitrogens is 1. The van der Waals surface area contributed by atoms with Crippen LogP contribution in [0.3, 0.4) is 0 Å². The largest absolute Gasteiger partial charge is 0.289 e. The molecule has 0 radical (unpaired) electrons. The Morgan fingerprint density at radius 3 is 2.69 bits per heavy atom. The molecule has 1 aliphatic rings. The Balaban J connectivity index is 1.71. The third-order valence-electron chi connectivity index (χ3n) is 4.75. The van der Waals surface area contributed by atoms with Crippen molar-refractivity contribution in [3.05, 3.63) is 73.9 Å². The van der Waals surface area contributed by atoms with E-state index in [-0.39, 0.29) is 23.0 Å². The minimum absolute atomic E-state index is 0.0897. The second-order valence-electron chi connectivity index (χ2n) is 6.50. The molecule has 0 aliphatic carbocycles. The van der Waals surface area contributed by atoms with Gasteiger partial charge >= 0.3 is 0 Å². The van der Waals surface area contributed by atoms with Gasteiger partial charge in [-0.3, -0.25) is 15.2 Å². The van der Waals surface area contributed by atoms with Crippen molar-refractivity contribution in [1.82, 2.24) is 14.5 Å². The van der Waals surface area contributed by atoms with E-state index >= 15 is 0 Å². The maximum Gasteiger partial charge on any atom is 0.289 e. The number of hydrogen-bond donors (Lipinski definition) is 1. The summed E-state index contributed by atoms with van der Waals surface area (Å²) in [5.74, 6) is 0. The number of nitrogens with one attached hydrogen (secondary N) is 1. The first-order valence-corrected chi connectivity index (χ1v) is 10.7. The lowest BCUT2D eigenvalue weighted by molar-refractivity contribution is -0.384. The standard InChI is InChI=1S/C18H14Cl2N4O4S/c19-12-3-1-2-11(8-12)18-14-10-23(7-6-16(14)21-22-18)29(27,28)13-4-5-15(20)17(9-13)24(25)26/h1-5,8-9H,6-7,10H2,(H,21,22). The van der Waals surface area contributed by atoms with Crippen LogP contribution in [0.2, 0.25) is 10.0 Å². The average Bonchev–Trinajstić information content (AvgIpc) is 3.11. The van der Waals surface area contributed by atoms with Crippen LogP contribution in [0.1, 0.15) is 11.3 Å². The number of hydrogen-bond acceptors (Lipinski definition) is 5. The fourth-order valence-electron chi connectivity index (χ4n) is 3.29. The van der Waals surface area contributed by atoms with Crippen LogP contribution in [0.5, 0.6) is 0 Å². The number of sulfonamides is 1. The molecule has 0 unspecified atom stereocenters. The van der Waals surface area contributed by atoms with Gasteiger partial charge in [0.25, 0.3) is 5.69 Å². The monoisotopic (exact) mass is 452 g/mol. The van der Waals surface area contributed by atoms with Crippen molar-refractivity contribution in [2.45, 2.75) is 17.9 Å². The molecule has 1 N–H and O–H groups in total. The molecule has 1 aliphatic heterocycles. The lowest BCUT2D eigenvalue weighted by Gasteiger charge is -2.26. The van der Waals surface area contributed by atoms with Crippen LogP contribution in [0.25, 0.3) is 11.3 Å². The van der Waals surface area contributed by atoms with E-state index in [0.717, 1.165) is 22.9 Å². The van der Waals surface area contributed by atoms with Crippen molar-refractivity contribution in [2.75, 3.05) is 6.54 Å². The van der Waals surface area contributed by atoms with Crippen LogP contribution in [0, 0.1) is 10.1 Å². The Morgan fingerprint density at radius 2 is 1.97 bits per heavy atom. The number of halogens is 2. The van der Waals surface area contributed by atoms with Crippen LogP contribution in [-0.4, -0.2) is 34.4 Å². The molecule has 0 atom stereocenters. The number of nitro benzene ring substituents is 1. The zero-order chi connectivity index (χ0) is 20.8. The fourth-order valence-corrected chi connectivity index (χ4v) is 5.10. The Bertz CT molecular complexity index is 1230. The van der Waals surface area contributed by atoms with E-state index in [9.17, 15) is 18.5 Å². The van der Waals surface area contributed by atoms with Gasteiger partial charge in [-0.25, -0.2) is 8.42 Å². The van der Waals surface area contributed by atoms with E-state index in [2.05, 4.69) is 10.2 Å². The van der Waals surface area contributed by atoms with Gasteiger partial charge in [0.15, 0.2) is 0 Å². The molecule has 0 amide bonds. The minimum Gasteiger partial charge on any atom is -0.282 e. The molecule has 0 saturated heterocycles. The summed E-state index contributed by atoms with van der Waals surface area (Å²) in [4.78, 5) is 10.2. The second-order valence-corrected chi connectivity index (χ2v) is 9.28. The van der Waals surface area contributed by atoms with E-state index in [1.807, 2.05) is 6.07 Å². The van der Waals surface area contributed by atoms with Gasteiger partial charge in [-0.15, -0.1) is 0 Å². The number of aromatic amines is 1. The van der Waals surface area contributed by atoms with Gasteiger partial charge < -0.3 is 0 Å². The normalized spacial score (nSPS) is 14.6. The predicted molar refractivity (Wildman–Crippen MR) is 108 cm³/mol. The number of fused-ring (bicyclic) bond motifs is 1. The number of aromatic nitrogens is 2. The van der Waals surface area contributed by atoms with Crippen LogP contribution in [0.15, 0.2) is 47.4 Å². The van der Waals surface area contributed by atoms with Crippen molar-refractivity contribution in [1.29, 1.82) is 0 Å². The highest BCUT2D eigenvalue weighted by Crippen LogP contribution is 2.33. The molecule has 29 heavy (non-hydrogen) atoms. The SMILES string of the molecule is O=[N+]([O-])c1cc(S(=O)(=O)N2CCc3[nH]nc(-c4cccc(Cl)c4)c3C2)ccc1Cl. The molecule has 0 saturated carbocycles. The van der Waals surface area contributed by atoms with Gasteiger partial charge in [0.2, 0.25) is 10.0 Å². The summed E-state index contributed by atoms with van der Waals surface area (Å²) < 4.78 is 27.5. The van der Waals surface area contributed by atoms with Gasteiger partial charge in [0, 0.05) is 47.4 Å². The molecule has 4 rings (SSSR count). The van der Waals surface area contributed by atoms with Crippen molar-refractivity contribution in [3.8, 4) is 11.3 Å². The highest BCUT2D eigenvalue weighted by molar-refractivity contribution is 7.89. The van der Waals surface area contributed by atoms with Gasteiger partial charge in [-0.1, -0.05) is 35.3 Å². The first-order valence-electron chi connectivity index (χ1n) is 8.53. The molecule has 2 aromatic carbocycles. The van der Waals surface area contributed by atoms with Crippen molar-refractivity contribution >= 4 is 38.9 Å². The molecule has 0 spiro atoms. The van der Waals surface area contributed by atoms with Gasteiger partial charge in [-0.2, -0.15) is 9.40 Å². The van der Waals surface area contributed by atoms with E-state index in [0.29, 0.717) is 17.1 Å². The molecule has 2 heterocycles. The Labute approximate surface area is 176 Å². The average molecular weight is 453 g/mol. The maximum absolute atomic E-state index is 13.1. The summed E-state index contributed by atoms with van der Waals surface area (Å²) in [5.41, 5.74) is 2.56. The molecule has 3 aromatic rings. The van der Waals surface area contributed by atoms with Crippen molar-refractivity contribution in [2.24, 2.45) is 0 Å². The summed E-state index contributed by atoms with van der Waals surface area (Å²) in [6.07, 6.45) is 0.442. The molecule has 8 nitrogen and oxygen atoms in total. The maximum atomic E-state index is 13.1. The van der Waals surface area contributed by atoms with E-state index in [1.165, 1.54) is 16.4 Å². The first-order chi connectivity index (χ1) is 13.8. The number of benzene rings is 2. The third-order valence-corrected chi connectivity index (χ3v) is 7.14. The van der Waals surface area contributed by atoms with E-state index in [4.69, 9.17) is 23.2 Å². The lowest BCUT2D eigenvalue weighted by Crippen LogP contribution is -2.36. The minimum atomic E-state index is -3.96. The van der Waals surface area contributed by atoms with Crippen molar-refractivity contribution in [3.63, 3.8) is 0 Å². The Kier molecular flexibility index (Phi) is 5.07. The summed E-state index contributed by atoms with van der Waals surface area (Å²) in [5, 5.41) is 18.9. The topological polar surface area (TPSA) is 109 Å². The van der Waals surface area contributed by atoms with Crippen LogP contribution < -0.4 is 0 Å². The number of rotatable bonds is 4. The zero-order valence-electron chi connectivity index (χ0n) is 14.8. The molecule has 11 heteroatoms. The third kappa shape index (κ3) is 3.62. The number of nitro groups is 1. The zero-order valence-corrected chi connectivity index (χ0v) is 17.1. The fraction of sp³-hybridized carbons (Fsp3) is 0.167. The summed E-state index contributed by atoms with van der Waals surface area (Å²) in [6.45, 7) is 0.315. The lowest BCUT2D eigenvalue weighted by atomic mass is 10.0. The predicted octanol–water partition coefficient (Wildman–Crippen LogP) is 4.04. The summed E-state index contributed by atoms with van der Waals surface area (Å²) >= 11 is 11.9. The van der Waals surface area contributed by atoms with Crippen LogP contribution in [-0.2, 0) is 23.0 Å². The van der Waals surface area contributed by atoms with Crippen molar-refractivity contribution < 1.29 is 13.3 Å².